The van der Waals surface area contributed by atoms with Crippen LogP contribution < -0.4 is 4.90 Å². The summed E-state index contributed by atoms with van der Waals surface area (Å²) in [4.78, 5) is 2.45. The second kappa shape index (κ2) is 12.9. The summed E-state index contributed by atoms with van der Waals surface area (Å²) in [6.45, 7) is 0. The van der Waals surface area contributed by atoms with Gasteiger partial charge in [0.25, 0.3) is 0 Å². The fourth-order valence-corrected chi connectivity index (χ4v) is 9.49. The summed E-state index contributed by atoms with van der Waals surface area (Å²) < 4.78 is 9.80. The Labute approximate surface area is 322 Å². The summed E-state index contributed by atoms with van der Waals surface area (Å²) in [7, 11) is 0. The lowest BCUT2D eigenvalue weighted by Crippen LogP contribution is -2.12. The summed E-state index contributed by atoms with van der Waals surface area (Å²) in [6, 6.07) is 72.0. The maximum atomic E-state index is 7.28. The molecule has 0 aliphatic heterocycles. The third kappa shape index (κ3) is 5.16. The minimum Gasteiger partial charge on any atom is -0.453 e. The number of benzene rings is 9. The molecule has 0 aliphatic rings. The molecule has 0 aliphatic carbocycles. The number of furan rings is 1. The van der Waals surface area contributed by atoms with Gasteiger partial charge >= 0.3 is 0 Å². The lowest BCUT2D eigenvalue weighted by molar-refractivity contribution is 0.670. The van der Waals surface area contributed by atoms with E-state index in [2.05, 4.69) is 205 Å². The highest BCUT2D eigenvalue weighted by atomic mass is 32.1. The van der Waals surface area contributed by atoms with E-state index < -0.39 is 0 Å². The molecule has 0 spiro atoms. The van der Waals surface area contributed by atoms with Crippen LogP contribution in [0.5, 0.6) is 0 Å². The second-order valence-electron chi connectivity index (χ2n) is 14.0. The highest BCUT2D eigenvalue weighted by Gasteiger charge is 2.26. The molecular weight excluding hydrogens is 687 g/mol. The van der Waals surface area contributed by atoms with Crippen LogP contribution in [0.1, 0.15) is 0 Å². The van der Waals surface area contributed by atoms with E-state index in [1.807, 2.05) is 11.3 Å². The average molecular weight is 720 g/mol. The summed E-state index contributed by atoms with van der Waals surface area (Å²) in [5.74, 6) is 0. The van der Waals surface area contributed by atoms with Crippen molar-refractivity contribution in [2.75, 3.05) is 4.90 Å². The summed E-state index contributed by atoms with van der Waals surface area (Å²) in [6.07, 6.45) is 0. The Bertz CT molecular complexity index is 3200. The number of anilines is 3. The predicted molar refractivity (Wildman–Crippen MR) is 235 cm³/mol. The van der Waals surface area contributed by atoms with Gasteiger partial charge in [0.05, 0.1) is 17.1 Å². The molecule has 0 radical (unpaired) electrons. The van der Waals surface area contributed by atoms with E-state index in [-0.39, 0.29) is 0 Å². The van der Waals surface area contributed by atoms with E-state index in [1.54, 1.807) is 0 Å². The monoisotopic (exact) mass is 719 g/mol. The second-order valence-corrected chi connectivity index (χ2v) is 15.1. The van der Waals surface area contributed by atoms with Crippen molar-refractivity contribution in [2.24, 2.45) is 0 Å². The van der Waals surface area contributed by atoms with Crippen LogP contribution >= 0.6 is 11.3 Å². The number of nitrogens with zero attached hydrogens (tertiary/aromatic N) is 1. The molecule has 0 atom stereocenters. The van der Waals surface area contributed by atoms with Crippen molar-refractivity contribution in [2.45, 2.75) is 0 Å². The SMILES string of the molecule is c1ccc(-c2ccc(N(c3cccc4c3oc3c(-c5ccccc5)cc5ccccc5c34)c3cccc4sc5ccccc5c34)c(-c3ccccc3)c2)cc1. The summed E-state index contributed by atoms with van der Waals surface area (Å²) in [5.41, 5.74) is 11.8. The van der Waals surface area contributed by atoms with E-state index in [0.29, 0.717) is 0 Å². The normalized spacial score (nSPS) is 11.6. The standard InChI is InChI=1S/C52H33NOS/c1-4-16-34(17-5-1)37-30-31-44(42(32-37)35-18-6-2-7-19-35)53(45-26-15-29-48-50(45)40-24-12-13-28-47(40)55-48)46-27-14-25-41-49-39-23-11-10-22-38(39)33-43(52(49)54-51(41)46)36-20-8-3-9-21-36/h1-33H. The van der Waals surface area contributed by atoms with E-state index in [1.165, 1.54) is 42.1 Å². The smallest absolute Gasteiger partial charge is 0.159 e. The Morgan fingerprint density at radius 3 is 1.73 bits per heavy atom. The van der Waals surface area contributed by atoms with Crippen molar-refractivity contribution in [1.29, 1.82) is 0 Å². The fraction of sp³-hybridized carbons (Fsp3) is 0. The molecular formula is C52H33NOS. The van der Waals surface area contributed by atoms with Crippen molar-refractivity contribution in [3.8, 4) is 33.4 Å². The Balaban J connectivity index is 1.27. The van der Waals surface area contributed by atoms with Crippen LogP contribution in [0.15, 0.2) is 205 Å². The molecule has 9 aromatic carbocycles. The number of fused-ring (bicyclic) bond motifs is 8. The summed E-state index contributed by atoms with van der Waals surface area (Å²) in [5, 5.41) is 7.09. The first-order valence-electron chi connectivity index (χ1n) is 18.7. The lowest BCUT2D eigenvalue weighted by Gasteiger charge is -2.29. The zero-order valence-corrected chi connectivity index (χ0v) is 30.6. The molecule has 0 bridgehead atoms. The molecule has 2 aromatic heterocycles. The van der Waals surface area contributed by atoms with E-state index in [9.17, 15) is 0 Å². The van der Waals surface area contributed by atoms with Gasteiger partial charge in [-0.3, -0.25) is 0 Å². The van der Waals surface area contributed by atoms with Crippen molar-refractivity contribution in [3.63, 3.8) is 0 Å². The van der Waals surface area contributed by atoms with E-state index >= 15 is 0 Å². The van der Waals surface area contributed by atoms with Gasteiger partial charge in [-0.1, -0.05) is 158 Å². The molecule has 3 heteroatoms. The van der Waals surface area contributed by atoms with Gasteiger partial charge in [0.2, 0.25) is 0 Å². The number of hydrogen-bond acceptors (Lipinski definition) is 3. The Morgan fingerprint density at radius 1 is 0.345 bits per heavy atom. The van der Waals surface area contributed by atoms with Crippen LogP contribution in [0.25, 0.3) is 86.3 Å². The van der Waals surface area contributed by atoms with Gasteiger partial charge in [-0.05, 0) is 75.5 Å². The Hall–Kier alpha value is -6.94. The lowest BCUT2D eigenvalue weighted by atomic mass is 9.95. The van der Waals surface area contributed by atoms with Gasteiger partial charge in [-0.25, -0.2) is 0 Å². The van der Waals surface area contributed by atoms with Crippen LogP contribution in [0, 0.1) is 0 Å². The topological polar surface area (TPSA) is 16.4 Å². The fourth-order valence-electron chi connectivity index (χ4n) is 8.36. The number of hydrogen-bond donors (Lipinski definition) is 0. The Morgan fingerprint density at radius 2 is 0.945 bits per heavy atom. The predicted octanol–water partition coefficient (Wildman–Crippen LogP) is 15.6. The van der Waals surface area contributed by atoms with Crippen LogP contribution in [0.4, 0.5) is 17.1 Å². The molecule has 0 amide bonds. The molecule has 2 nitrogen and oxygen atoms in total. The first kappa shape index (κ1) is 31.6. The van der Waals surface area contributed by atoms with E-state index in [0.717, 1.165) is 61.3 Å². The van der Waals surface area contributed by atoms with Crippen molar-refractivity contribution >= 4 is 81.3 Å². The van der Waals surface area contributed by atoms with Gasteiger partial charge < -0.3 is 9.32 Å². The highest BCUT2D eigenvalue weighted by molar-refractivity contribution is 7.26. The zero-order chi connectivity index (χ0) is 36.3. The molecule has 0 unspecified atom stereocenters. The molecule has 0 saturated heterocycles. The van der Waals surface area contributed by atoms with Crippen LogP contribution in [-0.2, 0) is 0 Å². The number of thiophene rings is 1. The molecule has 258 valence electrons. The molecule has 55 heavy (non-hydrogen) atoms. The third-order valence-electron chi connectivity index (χ3n) is 10.8. The van der Waals surface area contributed by atoms with Crippen molar-refractivity contribution in [3.05, 3.63) is 200 Å². The van der Waals surface area contributed by atoms with Crippen LogP contribution in [0.3, 0.4) is 0 Å². The summed E-state index contributed by atoms with van der Waals surface area (Å²) >= 11 is 1.84. The van der Waals surface area contributed by atoms with Gasteiger partial charge in [-0.2, -0.15) is 0 Å². The average Bonchev–Trinajstić information content (AvgIpc) is 3.85. The minimum atomic E-state index is 0.855. The van der Waals surface area contributed by atoms with Gasteiger partial charge in [0, 0.05) is 42.1 Å². The largest absolute Gasteiger partial charge is 0.453 e. The van der Waals surface area contributed by atoms with Crippen molar-refractivity contribution in [1.82, 2.24) is 0 Å². The molecule has 11 rings (SSSR count). The van der Waals surface area contributed by atoms with E-state index in [4.69, 9.17) is 4.42 Å². The first-order chi connectivity index (χ1) is 27.3. The molecule has 2 heterocycles. The third-order valence-corrected chi connectivity index (χ3v) is 12.0. The van der Waals surface area contributed by atoms with Crippen LogP contribution in [-0.4, -0.2) is 0 Å². The van der Waals surface area contributed by atoms with Crippen LogP contribution in [0.2, 0.25) is 0 Å². The van der Waals surface area contributed by atoms with Gasteiger partial charge in [-0.15, -0.1) is 11.3 Å². The number of rotatable bonds is 6. The number of para-hydroxylation sites is 1. The van der Waals surface area contributed by atoms with Crippen molar-refractivity contribution < 1.29 is 4.42 Å². The van der Waals surface area contributed by atoms with Gasteiger partial charge in [0.1, 0.15) is 5.58 Å². The molecule has 11 aromatic rings. The maximum absolute atomic E-state index is 7.28. The minimum absolute atomic E-state index is 0.855. The molecule has 0 saturated carbocycles. The maximum Gasteiger partial charge on any atom is 0.159 e. The molecule has 0 fully saturated rings. The first-order valence-corrected chi connectivity index (χ1v) is 19.5. The van der Waals surface area contributed by atoms with Gasteiger partial charge in [0.15, 0.2) is 5.58 Å². The Kier molecular flexibility index (Phi) is 7.39. The highest BCUT2D eigenvalue weighted by Crippen LogP contribution is 2.51. The quantitative estimate of drug-likeness (QED) is 0.170. The zero-order valence-electron chi connectivity index (χ0n) is 29.8. The molecule has 0 N–H and O–H groups in total.